The maximum Gasteiger partial charge on any atom is 0.237 e. The number of benzene rings is 1. The highest BCUT2D eigenvalue weighted by molar-refractivity contribution is 5.86. The van der Waals surface area contributed by atoms with Gasteiger partial charge in [-0.25, -0.2) is 0 Å². The van der Waals surface area contributed by atoms with E-state index >= 15 is 0 Å². The molecule has 2 atom stereocenters. The number of para-hydroxylation sites is 1. The van der Waals surface area contributed by atoms with Crippen LogP contribution in [0.25, 0.3) is 10.9 Å². The van der Waals surface area contributed by atoms with Crippen molar-refractivity contribution in [3.05, 3.63) is 36.0 Å². The van der Waals surface area contributed by atoms with Crippen LogP contribution in [0.2, 0.25) is 0 Å². The summed E-state index contributed by atoms with van der Waals surface area (Å²) in [5.74, 6) is 0.605. The number of nitrogens with two attached hydrogens (primary N) is 1. The van der Waals surface area contributed by atoms with E-state index in [1.807, 2.05) is 24.4 Å². The molecular weight excluding hydrogens is 286 g/mol. The first kappa shape index (κ1) is 15.9. The molecule has 21 heavy (non-hydrogen) atoms. The monoisotopic (exact) mass is 307 g/mol. The number of halogens is 1. The minimum absolute atomic E-state index is 0. The van der Waals surface area contributed by atoms with Crippen LogP contribution in [0.15, 0.2) is 30.5 Å². The summed E-state index contributed by atoms with van der Waals surface area (Å²) in [5.41, 5.74) is 8.23. The molecule has 1 saturated carbocycles. The summed E-state index contributed by atoms with van der Waals surface area (Å²) in [6, 6.07) is 7.83. The van der Waals surface area contributed by atoms with Crippen molar-refractivity contribution in [2.45, 2.75) is 38.3 Å². The van der Waals surface area contributed by atoms with E-state index in [1.165, 1.54) is 12.8 Å². The highest BCUT2D eigenvalue weighted by Crippen LogP contribution is 2.32. The second-order valence-corrected chi connectivity index (χ2v) is 5.80. The first-order valence-electron chi connectivity index (χ1n) is 7.26. The zero-order valence-corrected chi connectivity index (χ0v) is 13.0. The van der Waals surface area contributed by atoms with Gasteiger partial charge in [0.2, 0.25) is 5.91 Å². The number of amides is 1. The Hall–Kier alpha value is -1.52. The largest absolute Gasteiger partial charge is 0.361 e. The molecule has 1 amide bonds. The lowest BCUT2D eigenvalue weighted by atomic mass is 10.0. The maximum absolute atomic E-state index is 12.1. The zero-order chi connectivity index (χ0) is 14.1. The van der Waals surface area contributed by atoms with Crippen LogP contribution in [-0.4, -0.2) is 23.0 Å². The van der Waals surface area contributed by atoms with Crippen LogP contribution < -0.4 is 11.1 Å². The van der Waals surface area contributed by atoms with E-state index in [0.717, 1.165) is 16.5 Å². The molecule has 1 aromatic heterocycles. The van der Waals surface area contributed by atoms with Gasteiger partial charge in [-0.2, -0.15) is 0 Å². The van der Waals surface area contributed by atoms with Gasteiger partial charge in [-0.3, -0.25) is 4.79 Å². The number of fused-ring (bicyclic) bond motifs is 1. The van der Waals surface area contributed by atoms with Crippen LogP contribution in [0.5, 0.6) is 0 Å². The molecule has 114 valence electrons. The third kappa shape index (κ3) is 3.57. The first-order chi connectivity index (χ1) is 9.65. The maximum atomic E-state index is 12.1. The Labute approximate surface area is 130 Å². The van der Waals surface area contributed by atoms with Crippen molar-refractivity contribution in [3.8, 4) is 0 Å². The number of hydrogen-bond donors (Lipinski definition) is 3. The molecule has 0 aliphatic heterocycles. The van der Waals surface area contributed by atoms with Crippen molar-refractivity contribution in [2.24, 2.45) is 11.7 Å². The van der Waals surface area contributed by atoms with Gasteiger partial charge in [-0.05, 0) is 43.7 Å². The summed E-state index contributed by atoms with van der Waals surface area (Å²) >= 11 is 0. The number of nitrogens with one attached hydrogen (secondary N) is 2. The number of aromatic nitrogens is 1. The predicted octanol–water partition coefficient (Wildman–Crippen LogP) is 2.37. The van der Waals surface area contributed by atoms with Crippen LogP contribution in [0.4, 0.5) is 0 Å². The molecule has 1 aliphatic carbocycles. The second-order valence-electron chi connectivity index (χ2n) is 5.80. The lowest BCUT2D eigenvalue weighted by Gasteiger charge is -2.17. The Balaban J connectivity index is 0.00000161. The third-order valence-electron chi connectivity index (χ3n) is 4.15. The number of H-pyrrole nitrogens is 1. The van der Waals surface area contributed by atoms with Crippen LogP contribution in [0, 0.1) is 5.92 Å². The minimum Gasteiger partial charge on any atom is -0.361 e. The van der Waals surface area contributed by atoms with Crippen molar-refractivity contribution in [2.75, 3.05) is 0 Å². The molecule has 0 saturated heterocycles. The second kappa shape index (κ2) is 6.50. The highest BCUT2D eigenvalue weighted by atomic mass is 35.5. The average Bonchev–Trinajstić information content (AvgIpc) is 3.22. The van der Waals surface area contributed by atoms with E-state index in [-0.39, 0.29) is 24.4 Å². The normalized spacial score (nSPS) is 17.0. The van der Waals surface area contributed by atoms with Crippen LogP contribution in [0.1, 0.15) is 25.3 Å². The first-order valence-corrected chi connectivity index (χ1v) is 7.26. The summed E-state index contributed by atoms with van der Waals surface area (Å²) in [6.45, 7) is 2.06. The van der Waals surface area contributed by atoms with Crippen molar-refractivity contribution in [3.63, 3.8) is 0 Å². The minimum atomic E-state index is -0.490. The molecule has 1 fully saturated rings. The van der Waals surface area contributed by atoms with Gasteiger partial charge in [-0.15, -0.1) is 12.4 Å². The summed E-state index contributed by atoms with van der Waals surface area (Å²) < 4.78 is 0. The van der Waals surface area contributed by atoms with Crippen LogP contribution in [0.3, 0.4) is 0 Å². The quantitative estimate of drug-likeness (QED) is 0.793. The molecule has 4 N–H and O–H groups in total. The van der Waals surface area contributed by atoms with Crippen molar-refractivity contribution >= 4 is 29.2 Å². The van der Waals surface area contributed by atoms with Crippen LogP contribution >= 0.6 is 12.4 Å². The molecule has 0 spiro atoms. The number of aromatic amines is 1. The summed E-state index contributed by atoms with van der Waals surface area (Å²) in [7, 11) is 0. The Kier molecular flexibility index (Phi) is 4.91. The van der Waals surface area contributed by atoms with E-state index < -0.39 is 6.04 Å². The lowest BCUT2D eigenvalue weighted by Crippen LogP contribution is -2.46. The molecule has 1 heterocycles. The fourth-order valence-electron chi connectivity index (χ4n) is 2.68. The van der Waals surface area contributed by atoms with Gasteiger partial charge in [0.1, 0.15) is 0 Å². The van der Waals surface area contributed by atoms with Gasteiger partial charge in [-0.1, -0.05) is 18.2 Å². The SMILES string of the molecule is CC(NC(=O)[C@@H](N)Cc1c[nH]c2ccccc12)C1CC1.Cl. The fraction of sp³-hybridized carbons (Fsp3) is 0.438. The lowest BCUT2D eigenvalue weighted by molar-refractivity contribution is -0.123. The fourth-order valence-corrected chi connectivity index (χ4v) is 2.68. The van der Waals surface area contributed by atoms with E-state index in [4.69, 9.17) is 5.73 Å². The van der Waals surface area contributed by atoms with Crippen molar-refractivity contribution in [1.29, 1.82) is 0 Å². The summed E-state index contributed by atoms with van der Waals surface area (Å²) in [6.07, 6.45) is 4.95. The van der Waals surface area contributed by atoms with Gasteiger partial charge in [0.25, 0.3) is 0 Å². The molecule has 1 unspecified atom stereocenters. The third-order valence-corrected chi connectivity index (χ3v) is 4.15. The van der Waals surface area contributed by atoms with E-state index in [2.05, 4.69) is 23.3 Å². The number of carbonyl (C=O) groups is 1. The predicted molar refractivity (Wildman–Crippen MR) is 87.6 cm³/mol. The van der Waals surface area contributed by atoms with Crippen LogP contribution in [-0.2, 0) is 11.2 Å². The van der Waals surface area contributed by atoms with Gasteiger partial charge >= 0.3 is 0 Å². The Morgan fingerprint density at radius 2 is 2.14 bits per heavy atom. The molecule has 1 aliphatic rings. The van der Waals surface area contributed by atoms with E-state index in [0.29, 0.717) is 12.3 Å². The van der Waals surface area contributed by atoms with Crippen molar-refractivity contribution < 1.29 is 4.79 Å². The van der Waals surface area contributed by atoms with Gasteiger partial charge in [0.15, 0.2) is 0 Å². The van der Waals surface area contributed by atoms with Gasteiger partial charge in [0.05, 0.1) is 6.04 Å². The Bertz CT molecular complexity index is 621. The number of rotatable bonds is 5. The topological polar surface area (TPSA) is 70.9 Å². The van der Waals surface area contributed by atoms with Gasteiger partial charge in [0, 0.05) is 23.1 Å². The zero-order valence-electron chi connectivity index (χ0n) is 12.1. The Morgan fingerprint density at radius 1 is 1.43 bits per heavy atom. The molecule has 5 heteroatoms. The Morgan fingerprint density at radius 3 is 2.86 bits per heavy atom. The van der Waals surface area contributed by atoms with Gasteiger partial charge < -0.3 is 16.0 Å². The number of carbonyl (C=O) groups excluding carboxylic acids is 1. The van der Waals surface area contributed by atoms with Crippen molar-refractivity contribution in [1.82, 2.24) is 10.3 Å². The molecule has 0 radical (unpaired) electrons. The highest BCUT2D eigenvalue weighted by Gasteiger charge is 2.30. The summed E-state index contributed by atoms with van der Waals surface area (Å²) in [5, 5.41) is 4.17. The standard InChI is InChI=1S/C16H21N3O.ClH/c1-10(11-6-7-11)19-16(20)14(17)8-12-9-18-15-5-3-2-4-13(12)15;/h2-5,9-11,14,18H,6-8,17H2,1H3,(H,19,20);1H/t10?,14-;/m0./s1. The molecule has 3 rings (SSSR count). The molecule has 4 nitrogen and oxygen atoms in total. The molecular formula is C16H22ClN3O. The van der Waals surface area contributed by atoms with E-state index in [1.54, 1.807) is 0 Å². The van der Waals surface area contributed by atoms with E-state index in [9.17, 15) is 4.79 Å². The molecule has 1 aromatic carbocycles. The summed E-state index contributed by atoms with van der Waals surface area (Å²) in [4.78, 5) is 15.3. The molecule has 2 aromatic rings. The molecule has 0 bridgehead atoms. The average molecular weight is 308 g/mol. The number of hydrogen-bond acceptors (Lipinski definition) is 2. The smallest absolute Gasteiger partial charge is 0.237 e.